The molecule has 0 saturated heterocycles. The third-order valence-corrected chi connectivity index (χ3v) is 10.5. The maximum absolute atomic E-state index is 6.95. The molecule has 50 heavy (non-hydrogen) atoms. The molecule has 0 bridgehead atoms. The van der Waals surface area contributed by atoms with E-state index in [2.05, 4.69) is 177 Å². The van der Waals surface area contributed by atoms with Crippen LogP contribution >= 0.6 is 8.60 Å². The molecule has 0 aliphatic heterocycles. The Morgan fingerprint density at radius 1 is 0.340 bits per heavy atom. The number of rotatable bonds is 6. The first-order chi connectivity index (χ1) is 22.9. The molecule has 3 nitrogen and oxygen atoms in total. The Morgan fingerprint density at radius 3 is 1.04 bits per heavy atom. The topological polar surface area (TPSA) is 27.7 Å². The highest BCUT2D eigenvalue weighted by Crippen LogP contribution is 2.49. The van der Waals surface area contributed by atoms with Gasteiger partial charge in [-0.25, -0.2) is 0 Å². The van der Waals surface area contributed by atoms with Gasteiger partial charge in [0.25, 0.3) is 0 Å². The van der Waals surface area contributed by atoms with E-state index in [1.54, 1.807) is 0 Å². The molecule has 0 amide bonds. The summed E-state index contributed by atoms with van der Waals surface area (Å²) in [6.45, 7) is 33.6. The highest BCUT2D eigenvalue weighted by molar-refractivity contribution is 7.43. The predicted octanol–water partition coefficient (Wildman–Crippen LogP) is 14.2. The van der Waals surface area contributed by atoms with Gasteiger partial charge in [-0.15, -0.1) is 0 Å². The molecule has 0 saturated carbocycles. The van der Waals surface area contributed by atoms with Gasteiger partial charge in [-0.1, -0.05) is 152 Å². The van der Waals surface area contributed by atoms with Crippen molar-refractivity contribution in [3.05, 3.63) is 113 Å². The zero-order valence-electron chi connectivity index (χ0n) is 33.3. The van der Waals surface area contributed by atoms with Crippen molar-refractivity contribution in [1.82, 2.24) is 0 Å². The van der Waals surface area contributed by atoms with E-state index < -0.39 is 8.60 Å². The van der Waals surface area contributed by atoms with Crippen LogP contribution in [0, 0.1) is 0 Å². The van der Waals surface area contributed by atoms with Crippen LogP contribution in [0.15, 0.2) is 84.9 Å². The van der Waals surface area contributed by atoms with Gasteiger partial charge in [0.15, 0.2) is 0 Å². The third-order valence-electron chi connectivity index (χ3n) is 9.47. The van der Waals surface area contributed by atoms with E-state index in [1.807, 2.05) is 12.1 Å². The van der Waals surface area contributed by atoms with Crippen LogP contribution in [-0.4, -0.2) is 0 Å². The first-order valence-electron chi connectivity index (χ1n) is 18.0. The van der Waals surface area contributed by atoms with Gasteiger partial charge in [-0.2, -0.15) is 0 Å². The van der Waals surface area contributed by atoms with Crippen molar-refractivity contribution in [2.24, 2.45) is 0 Å². The van der Waals surface area contributed by atoms with E-state index in [0.717, 1.165) is 33.4 Å². The quantitative estimate of drug-likeness (QED) is 0.166. The first-order valence-corrected chi connectivity index (χ1v) is 19.1. The van der Waals surface area contributed by atoms with Crippen LogP contribution in [0.2, 0.25) is 0 Å². The zero-order chi connectivity index (χ0) is 37.0. The molecule has 5 rings (SSSR count). The first kappa shape index (κ1) is 37.7. The standard InChI is InChI=1S/C46H59O3P/c1-42(2,3)34-20-22-37(23-21-34)47-50(48-40-28-30-16-18-35(43(4,5)6)24-32(30)26-38(40)45(10,11)12)49-41-29-31-17-19-36(44(7,8)9)25-33(31)27-39(41)46(13,14)15/h16-29H,1-15H3. The Morgan fingerprint density at radius 2 is 0.700 bits per heavy atom. The molecule has 5 aromatic rings. The largest absolute Gasteiger partial charge is 0.530 e. The highest BCUT2D eigenvalue weighted by atomic mass is 31.2. The van der Waals surface area contributed by atoms with Crippen LogP contribution in [0.4, 0.5) is 0 Å². The van der Waals surface area contributed by atoms with Crippen molar-refractivity contribution < 1.29 is 13.6 Å². The molecule has 0 unspecified atom stereocenters. The summed E-state index contributed by atoms with van der Waals surface area (Å²) in [5.74, 6) is 2.27. The molecule has 0 aromatic heterocycles. The van der Waals surface area contributed by atoms with Crippen molar-refractivity contribution in [2.45, 2.75) is 131 Å². The normalized spacial score (nSPS) is 13.3. The lowest BCUT2D eigenvalue weighted by molar-refractivity contribution is 0.377. The van der Waals surface area contributed by atoms with Gasteiger partial charge >= 0.3 is 8.60 Å². The fourth-order valence-corrected chi connectivity index (χ4v) is 7.16. The van der Waals surface area contributed by atoms with Gasteiger partial charge in [0.2, 0.25) is 0 Å². The Labute approximate surface area is 303 Å². The molecule has 0 atom stereocenters. The molecule has 0 aliphatic carbocycles. The molecule has 0 N–H and O–H groups in total. The fraction of sp³-hybridized carbons (Fsp3) is 0.435. The molecule has 0 heterocycles. The van der Waals surface area contributed by atoms with Gasteiger partial charge in [0.1, 0.15) is 17.2 Å². The van der Waals surface area contributed by atoms with E-state index in [0.29, 0.717) is 5.75 Å². The zero-order valence-corrected chi connectivity index (χ0v) is 34.1. The van der Waals surface area contributed by atoms with Crippen LogP contribution in [0.3, 0.4) is 0 Å². The average Bonchev–Trinajstić information content (AvgIpc) is 2.97. The summed E-state index contributed by atoms with van der Waals surface area (Å²) in [4.78, 5) is 0. The lowest BCUT2D eigenvalue weighted by Crippen LogP contribution is -2.16. The summed E-state index contributed by atoms with van der Waals surface area (Å²) in [6.07, 6.45) is 0. The van der Waals surface area contributed by atoms with E-state index in [1.165, 1.54) is 27.5 Å². The number of hydrogen-bond donors (Lipinski definition) is 0. The summed E-state index contributed by atoms with van der Waals surface area (Å²) < 4.78 is 20.6. The summed E-state index contributed by atoms with van der Waals surface area (Å²) in [5, 5.41) is 4.66. The molecule has 0 spiro atoms. The van der Waals surface area contributed by atoms with Crippen molar-refractivity contribution in [2.75, 3.05) is 0 Å². The van der Waals surface area contributed by atoms with Crippen LogP contribution < -0.4 is 13.6 Å². The van der Waals surface area contributed by atoms with E-state index >= 15 is 0 Å². The minimum absolute atomic E-state index is 0.0371. The monoisotopic (exact) mass is 690 g/mol. The van der Waals surface area contributed by atoms with Gasteiger partial charge in [-0.3, -0.25) is 0 Å². The molecule has 0 fully saturated rings. The van der Waals surface area contributed by atoms with Gasteiger partial charge in [0, 0.05) is 11.1 Å². The minimum atomic E-state index is -1.91. The van der Waals surface area contributed by atoms with Crippen molar-refractivity contribution in [1.29, 1.82) is 0 Å². The molecular weight excluding hydrogens is 631 g/mol. The summed E-state index contributed by atoms with van der Waals surface area (Å²) in [5.41, 5.74) is 5.89. The van der Waals surface area contributed by atoms with E-state index in [-0.39, 0.29) is 27.1 Å². The lowest BCUT2D eigenvalue weighted by atomic mass is 9.83. The molecular formula is C46H59O3P. The van der Waals surface area contributed by atoms with Crippen LogP contribution in [0.5, 0.6) is 17.2 Å². The van der Waals surface area contributed by atoms with Crippen molar-refractivity contribution in [3.8, 4) is 17.2 Å². The summed E-state index contributed by atoms with van der Waals surface area (Å²) in [6, 6.07) is 30.7. The average molecular weight is 691 g/mol. The second-order valence-corrected chi connectivity index (χ2v) is 20.1. The SMILES string of the molecule is CC(C)(C)c1ccc(OP(Oc2cc3ccc(C(C)(C)C)cc3cc2C(C)(C)C)Oc2cc3ccc(C(C)(C)C)cc3cc2C(C)(C)C)cc1. The molecule has 5 aromatic carbocycles. The summed E-state index contributed by atoms with van der Waals surface area (Å²) >= 11 is 0. The predicted molar refractivity (Wildman–Crippen MR) is 217 cm³/mol. The molecule has 4 heteroatoms. The van der Waals surface area contributed by atoms with E-state index in [9.17, 15) is 0 Å². The second-order valence-electron chi connectivity index (χ2n) is 19.1. The van der Waals surface area contributed by atoms with Crippen LogP contribution in [0.25, 0.3) is 21.5 Å². The fourth-order valence-electron chi connectivity index (χ4n) is 6.13. The molecule has 0 radical (unpaired) electrons. The Balaban J connectivity index is 1.64. The Bertz CT molecular complexity index is 1870. The van der Waals surface area contributed by atoms with Gasteiger partial charge in [-0.05, 0) is 102 Å². The minimum Gasteiger partial charge on any atom is -0.409 e. The van der Waals surface area contributed by atoms with E-state index in [4.69, 9.17) is 13.6 Å². The maximum atomic E-state index is 6.95. The second kappa shape index (κ2) is 13.2. The highest BCUT2D eigenvalue weighted by Gasteiger charge is 2.30. The van der Waals surface area contributed by atoms with Gasteiger partial charge in [0.05, 0.1) is 0 Å². The summed E-state index contributed by atoms with van der Waals surface area (Å²) in [7, 11) is -1.91. The van der Waals surface area contributed by atoms with Gasteiger partial charge < -0.3 is 13.6 Å². The van der Waals surface area contributed by atoms with Crippen LogP contribution in [-0.2, 0) is 27.1 Å². The Kier molecular flexibility index (Phi) is 9.96. The van der Waals surface area contributed by atoms with Crippen LogP contribution in [0.1, 0.15) is 132 Å². The Hall–Kier alpha value is -3.55. The lowest BCUT2D eigenvalue weighted by Gasteiger charge is -2.28. The van der Waals surface area contributed by atoms with Crippen molar-refractivity contribution in [3.63, 3.8) is 0 Å². The molecule has 0 aliphatic rings. The number of benzene rings is 5. The maximum Gasteiger partial charge on any atom is 0.530 e. The number of fused-ring (bicyclic) bond motifs is 2. The smallest absolute Gasteiger partial charge is 0.409 e. The molecule has 266 valence electrons. The number of hydrogen-bond acceptors (Lipinski definition) is 3. The third kappa shape index (κ3) is 8.66. The van der Waals surface area contributed by atoms with Crippen molar-refractivity contribution >= 4 is 30.1 Å².